The molecule has 0 spiro atoms. The molecule has 0 bridgehead atoms. The molecule has 0 aliphatic heterocycles. The average Bonchev–Trinajstić information content (AvgIpc) is 2.90. The van der Waals surface area contributed by atoms with Crippen molar-refractivity contribution in [3.8, 4) is 11.8 Å². The van der Waals surface area contributed by atoms with Crippen molar-refractivity contribution in [3.63, 3.8) is 0 Å². The van der Waals surface area contributed by atoms with Gasteiger partial charge in [-0.05, 0) is 79.5 Å². The Hall–Kier alpha value is -1.70. The standard InChI is InChI=1S/C37H64O5Si2/c1-29(20-18-27-40-32(4)38)24-25-34(41-43(11,12)36(5,6)7)31(3)35(42-44(13,14)37(8,9)10)30(2)21-19-26-39-28-33-22-16-15-17-23-33/h15-17,22-24,30-31,34-35H,19,21,25-28H2,1-14H3/b29-24+/t30-,31+,34+,35+/m1/s1. The van der Waals surface area contributed by atoms with Crippen LogP contribution in [0, 0.1) is 23.7 Å². The molecule has 4 atom stereocenters. The molecule has 250 valence electrons. The summed E-state index contributed by atoms with van der Waals surface area (Å²) in [6.07, 6.45) is 5.01. The van der Waals surface area contributed by atoms with E-state index >= 15 is 0 Å². The lowest BCUT2D eigenvalue weighted by Crippen LogP contribution is -2.52. The molecule has 1 aromatic rings. The number of rotatable bonds is 16. The summed E-state index contributed by atoms with van der Waals surface area (Å²) in [7, 11) is -4.14. The summed E-state index contributed by atoms with van der Waals surface area (Å²) in [6, 6.07) is 10.4. The molecule has 7 heteroatoms. The zero-order chi connectivity index (χ0) is 33.8. The molecule has 5 nitrogen and oxygen atoms in total. The van der Waals surface area contributed by atoms with Crippen LogP contribution in [-0.2, 0) is 29.7 Å². The van der Waals surface area contributed by atoms with E-state index in [1.165, 1.54) is 12.5 Å². The zero-order valence-corrected chi connectivity index (χ0v) is 32.6. The maximum Gasteiger partial charge on any atom is 0.303 e. The monoisotopic (exact) mass is 644 g/mol. The SMILES string of the molecule is CC(=O)OCC#C/C(C)=C/C[C@H](O[Si](C)(C)C(C)(C)C)[C@H](C)[C@@H](O[Si](C)(C)C(C)(C)C)[C@H](C)CCCOCc1ccccc1. The van der Waals surface area contributed by atoms with Crippen LogP contribution in [0.15, 0.2) is 42.0 Å². The largest absolute Gasteiger partial charge is 0.453 e. The van der Waals surface area contributed by atoms with Crippen molar-refractivity contribution in [3.05, 3.63) is 47.5 Å². The first kappa shape index (κ1) is 40.3. The van der Waals surface area contributed by atoms with E-state index in [0.29, 0.717) is 12.5 Å². The first-order chi connectivity index (χ1) is 20.2. The molecule has 0 saturated carbocycles. The summed E-state index contributed by atoms with van der Waals surface area (Å²) in [4.78, 5) is 11.1. The molecule has 0 saturated heterocycles. The lowest BCUT2D eigenvalue weighted by molar-refractivity contribution is -0.139. The van der Waals surface area contributed by atoms with Crippen LogP contribution in [0.2, 0.25) is 36.3 Å². The Morgan fingerprint density at radius 2 is 1.48 bits per heavy atom. The molecule has 44 heavy (non-hydrogen) atoms. The van der Waals surface area contributed by atoms with Crippen molar-refractivity contribution in [1.29, 1.82) is 0 Å². The van der Waals surface area contributed by atoms with Gasteiger partial charge in [-0.1, -0.05) is 104 Å². The fraction of sp³-hybridized carbons (Fsp3) is 0.703. The van der Waals surface area contributed by atoms with Crippen LogP contribution in [0.1, 0.15) is 94.1 Å². The Balaban J connectivity index is 3.24. The van der Waals surface area contributed by atoms with E-state index in [0.717, 1.165) is 31.4 Å². The second-order valence-electron chi connectivity index (χ2n) is 15.5. The van der Waals surface area contributed by atoms with Crippen LogP contribution in [0.4, 0.5) is 0 Å². The molecule has 0 heterocycles. The second kappa shape index (κ2) is 17.9. The highest BCUT2D eigenvalue weighted by Gasteiger charge is 2.45. The van der Waals surface area contributed by atoms with Crippen molar-refractivity contribution >= 4 is 22.6 Å². The predicted octanol–water partition coefficient (Wildman–Crippen LogP) is 9.94. The van der Waals surface area contributed by atoms with E-state index < -0.39 is 16.6 Å². The fourth-order valence-corrected chi connectivity index (χ4v) is 7.39. The van der Waals surface area contributed by atoms with Gasteiger partial charge in [0.1, 0.15) is 0 Å². The molecular weight excluding hydrogens is 581 g/mol. The minimum absolute atomic E-state index is 0.00680. The lowest BCUT2D eigenvalue weighted by Gasteiger charge is -2.46. The van der Waals surface area contributed by atoms with Gasteiger partial charge in [-0.2, -0.15) is 0 Å². The van der Waals surface area contributed by atoms with E-state index in [1.807, 2.05) is 13.0 Å². The van der Waals surface area contributed by atoms with Crippen molar-refractivity contribution < 1.29 is 23.1 Å². The summed E-state index contributed by atoms with van der Waals surface area (Å²) in [5.74, 6) is 6.29. The molecule has 0 fully saturated rings. The fourth-order valence-electron chi connectivity index (χ4n) is 4.49. The number of ether oxygens (including phenoxy) is 2. The number of allylic oxidation sites excluding steroid dienone is 1. The zero-order valence-electron chi connectivity index (χ0n) is 30.6. The minimum atomic E-state index is -2.08. The van der Waals surface area contributed by atoms with Gasteiger partial charge in [0.25, 0.3) is 0 Å². The highest BCUT2D eigenvalue weighted by atomic mass is 28.4. The first-order valence-electron chi connectivity index (χ1n) is 16.4. The highest BCUT2D eigenvalue weighted by molar-refractivity contribution is 6.74. The summed E-state index contributed by atoms with van der Waals surface area (Å²) >= 11 is 0. The van der Waals surface area contributed by atoms with Crippen LogP contribution in [0.5, 0.6) is 0 Å². The number of esters is 1. The predicted molar refractivity (Wildman–Crippen MR) is 191 cm³/mol. The Morgan fingerprint density at radius 1 is 0.909 bits per heavy atom. The Kier molecular flexibility index (Phi) is 16.4. The summed E-state index contributed by atoms with van der Waals surface area (Å²) in [5.41, 5.74) is 2.16. The molecule has 0 aliphatic carbocycles. The maximum atomic E-state index is 11.1. The maximum absolute atomic E-state index is 11.1. The summed E-state index contributed by atoms with van der Waals surface area (Å²) in [5, 5.41) is 0.193. The number of benzene rings is 1. The Labute approximate surface area is 273 Å². The van der Waals surface area contributed by atoms with Crippen molar-refractivity contribution in [2.24, 2.45) is 11.8 Å². The van der Waals surface area contributed by atoms with Crippen LogP contribution in [0.3, 0.4) is 0 Å². The number of hydrogen-bond donors (Lipinski definition) is 0. The molecule has 1 aromatic carbocycles. The number of hydrogen-bond acceptors (Lipinski definition) is 5. The highest BCUT2D eigenvalue weighted by Crippen LogP contribution is 2.43. The molecule has 0 amide bonds. The van der Waals surface area contributed by atoms with Gasteiger partial charge in [0.15, 0.2) is 23.2 Å². The van der Waals surface area contributed by atoms with Crippen molar-refractivity contribution in [2.75, 3.05) is 13.2 Å². The third-order valence-electron chi connectivity index (χ3n) is 9.50. The molecule has 0 radical (unpaired) electrons. The van der Waals surface area contributed by atoms with E-state index in [-0.39, 0.29) is 40.8 Å². The van der Waals surface area contributed by atoms with Crippen LogP contribution in [-0.4, -0.2) is 48.0 Å². The Morgan fingerprint density at radius 3 is 2.02 bits per heavy atom. The number of carbonyl (C=O) groups is 1. The third-order valence-corrected chi connectivity index (χ3v) is 18.5. The summed E-state index contributed by atoms with van der Waals surface area (Å²) < 4.78 is 25.5. The normalized spacial score (nSPS) is 16.0. The van der Waals surface area contributed by atoms with Crippen LogP contribution < -0.4 is 0 Å². The Bertz CT molecular complexity index is 1090. The molecule has 1 rings (SSSR count). The van der Waals surface area contributed by atoms with Crippen LogP contribution >= 0.6 is 0 Å². The topological polar surface area (TPSA) is 54.0 Å². The van der Waals surface area contributed by atoms with Gasteiger partial charge < -0.3 is 18.3 Å². The first-order valence-corrected chi connectivity index (χ1v) is 22.3. The summed E-state index contributed by atoms with van der Waals surface area (Å²) in [6.45, 7) is 32.8. The second-order valence-corrected chi connectivity index (χ2v) is 25.0. The third kappa shape index (κ3) is 14.2. The van der Waals surface area contributed by atoms with Gasteiger partial charge in [-0.3, -0.25) is 4.79 Å². The van der Waals surface area contributed by atoms with Gasteiger partial charge in [0.2, 0.25) is 0 Å². The van der Waals surface area contributed by atoms with Gasteiger partial charge in [0, 0.05) is 19.4 Å². The van der Waals surface area contributed by atoms with E-state index in [1.54, 1.807) is 0 Å². The van der Waals surface area contributed by atoms with Gasteiger partial charge in [0.05, 0.1) is 18.8 Å². The molecule has 0 aromatic heterocycles. The van der Waals surface area contributed by atoms with Crippen LogP contribution in [0.25, 0.3) is 0 Å². The average molecular weight is 645 g/mol. The van der Waals surface area contributed by atoms with Crippen molar-refractivity contribution in [1.82, 2.24) is 0 Å². The quantitative estimate of drug-likeness (QED) is 0.0776. The molecule has 0 N–H and O–H groups in total. The molecule has 0 unspecified atom stereocenters. The van der Waals surface area contributed by atoms with Crippen molar-refractivity contribution in [2.45, 2.75) is 144 Å². The lowest BCUT2D eigenvalue weighted by atomic mass is 9.85. The van der Waals surface area contributed by atoms with Gasteiger partial charge in [-0.25, -0.2) is 0 Å². The minimum Gasteiger partial charge on any atom is -0.453 e. The molecule has 0 aliphatic rings. The van der Waals surface area contributed by atoms with Gasteiger partial charge >= 0.3 is 5.97 Å². The van der Waals surface area contributed by atoms with E-state index in [4.69, 9.17) is 18.3 Å². The van der Waals surface area contributed by atoms with E-state index in [2.05, 4.69) is 124 Å². The number of carbonyl (C=O) groups excluding carboxylic acids is 1. The molecular formula is C37H64O5Si2. The smallest absolute Gasteiger partial charge is 0.303 e. The van der Waals surface area contributed by atoms with Gasteiger partial charge in [-0.15, -0.1) is 0 Å². The van der Waals surface area contributed by atoms with E-state index in [9.17, 15) is 4.79 Å².